The van der Waals surface area contributed by atoms with E-state index in [0.29, 0.717) is 5.41 Å². The molecule has 0 bridgehead atoms. The zero-order valence-corrected chi connectivity index (χ0v) is 11.5. The lowest BCUT2D eigenvalue weighted by molar-refractivity contribution is 0.436. The van der Waals surface area contributed by atoms with Crippen molar-refractivity contribution < 1.29 is 4.21 Å². The molecule has 0 fully saturated rings. The number of nitrogens with one attached hydrogen (secondary N) is 1. The summed E-state index contributed by atoms with van der Waals surface area (Å²) >= 11 is 1.76. The van der Waals surface area contributed by atoms with Gasteiger partial charge in [0, 0.05) is 41.1 Å². The summed E-state index contributed by atoms with van der Waals surface area (Å²) in [7, 11) is -0.757. The van der Waals surface area contributed by atoms with Crippen molar-refractivity contribution in [3.05, 3.63) is 0 Å². The molecule has 1 N–H and O–H groups in total. The number of hydrogen-bond donors (Lipinski definition) is 1. The lowest BCUT2D eigenvalue weighted by Gasteiger charge is -2.27. The maximum absolute atomic E-state index is 11.1. The highest BCUT2D eigenvalue weighted by molar-refractivity contribution is 8.13. The van der Waals surface area contributed by atoms with E-state index in [2.05, 4.69) is 24.2 Å². The Morgan fingerprint density at radius 3 is 2.80 bits per heavy atom. The van der Waals surface area contributed by atoms with Gasteiger partial charge in [-0.1, -0.05) is 25.6 Å². The maximum atomic E-state index is 11.1. The lowest BCUT2D eigenvalue weighted by Crippen LogP contribution is -2.35. The number of nitrogens with zero attached hydrogens (tertiary/aromatic N) is 1. The Morgan fingerprint density at radius 1 is 1.67 bits per heavy atom. The van der Waals surface area contributed by atoms with E-state index in [9.17, 15) is 4.21 Å². The normalized spacial score (nSPS) is 24.1. The second-order valence-electron chi connectivity index (χ2n) is 4.76. The molecule has 5 heteroatoms. The molecule has 1 rings (SSSR count). The van der Waals surface area contributed by atoms with Crippen molar-refractivity contribution in [3.63, 3.8) is 0 Å². The maximum Gasteiger partial charge on any atom is 0.156 e. The van der Waals surface area contributed by atoms with Gasteiger partial charge in [-0.15, -0.1) is 0 Å². The fraction of sp³-hybridized carbons (Fsp3) is 0.900. The first-order valence-corrected chi connectivity index (χ1v) is 7.75. The highest BCUT2D eigenvalue weighted by Crippen LogP contribution is 2.26. The molecule has 1 aliphatic heterocycles. The van der Waals surface area contributed by atoms with Crippen LogP contribution >= 0.6 is 11.8 Å². The first-order valence-electron chi connectivity index (χ1n) is 5.14. The van der Waals surface area contributed by atoms with Crippen LogP contribution in [0, 0.1) is 5.41 Å². The first kappa shape index (κ1) is 13.0. The second-order valence-corrected chi connectivity index (χ2v) is 7.53. The molecule has 1 aliphatic rings. The molecule has 15 heavy (non-hydrogen) atoms. The van der Waals surface area contributed by atoms with Crippen molar-refractivity contribution in [1.82, 2.24) is 5.32 Å². The zero-order chi connectivity index (χ0) is 11.5. The fourth-order valence-electron chi connectivity index (χ4n) is 1.10. The SMILES string of the molecule is CC(CNC1=NCC(C)(C)CS1)S(C)=O. The average Bonchev–Trinajstić information content (AvgIpc) is 2.15. The molecule has 88 valence electrons. The third-order valence-corrected chi connectivity index (χ3v) is 5.13. The number of hydrogen-bond acceptors (Lipinski definition) is 4. The van der Waals surface area contributed by atoms with Crippen LogP contribution in [-0.4, -0.2) is 39.7 Å². The van der Waals surface area contributed by atoms with Gasteiger partial charge >= 0.3 is 0 Å². The molecule has 0 aliphatic carbocycles. The van der Waals surface area contributed by atoms with Gasteiger partial charge in [-0.3, -0.25) is 9.20 Å². The molecule has 2 unspecified atom stereocenters. The van der Waals surface area contributed by atoms with Gasteiger partial charge < -0.3 is 5.32 Å². The summed E-state index contributed by atoms with van der Waals surface area (Å²) in [5.74, 6) is 1.10. The van der Waals surface area contributed by atoms with E-state index >= 15 is 0 Å². The van der Waals surface area contributed by atoms with E-state index in [0.717, 1.165) is 24.0 Å². The van der Waals surface area contributed by atoms with E-state index < -0.39 is 10.8 Å². The minimum Gasteiger partial charge on any atom is -0.364 e. The molecule has 0 aromatic heterocycles. The Labute approximate surface area is 99.0 Å². The van der Waals surface area contributed by atoms with Crippen LogP contribution in [0.5, 0.6) is 0 Å². The predicted molar refractivity (Wildman–Crippen MR) is 70.1 cm³/mol. The zero-order valence-electron chi connectivity index (χ0n) is 9.87. The van der Waals surface area contributed by atoms with Crippen LogP contribution in [0.1, 0.15) is 20.8 Å². The van der Waals surface area contributed by atoms with Gasteiger partial charge in [0.1, 0.15) is 0 Å². The molecule has 0 saturated carbocycles. The van der Waals surface area contributed by atoms with Crippen LogP contribution in [-0.2, 0) is 10.8 Å². The highest BCUT2D eigenvalue weighted by Gasteiger charge is 2.23. The second kappa shape index (κ2) is 5.34. The molecule has 1 heterocycles. The van der Waals surface area contributed by atoms with Crippen LogP contribution < -0.4 is 5.32 Å². The average molecular weight is 248 g/mol. The van der Waals surface area contributed by atoms with Gasteiger partial charge in [-0.25, -0.2) is 0 Å². The highest BCUT2D eigenvalue weighted by atomic mass is 32.2. The molecule has 2 atom stereocenters. The van der Waals surface area contributed by atoms with Crippen molar-refractivity contribution in [1.29, 1.82) is 0 Å². The van der Waals surface area contributed by atoms with E-state index in [-0.39, 0.29) is 5.25 Å². The van der Waals surface area contributed by atoms with E-state index in [4.69, 9.17) is 0 Å². The van der Waals surface area contributed by atoms with Crippen molar-refractivity contribution >= 4 is 27.7 Å². The van der Waals surface area contributed by atoms with E-state index in [1.807, 2.05) is 6.92 Å². The quantitative estimate of drug-likeness (QED) is 0.822. The number of aliphatic imine (C=N–C) groups is 1. The summed E-state index contributed by atoms with van der Waals surface area (Å²) in [5, 5.41) is 4.45. The van der Waals surface area contributed by atoms with Gasteiger partial charge in [-0.2, -0.15) is 0 Å². The smallest absolute Gasteiger partial charge is 0.156 e. The Balaban J connectivity index is 2.35. The number of thioether (sulfide) groups is 1. The first-order chi connectivity index (χ1) is 6.91. The summed E-state index contributed by atoms with van der Waals surface area (Å²) in [6.45, 7) is 8.07. The summed E-state index contributed by atoms with van der Waals surface area (Å²) < 4.78 is 11.1. The van der Waals surface area contributed by atoms with Crippen molar-refractivity contribution in [2.45, 2.75) is 26.0 Å². The molecule has 0 saturated heterocycles. The Bertz CT molecular complexity index is 277. The van der Waals surface area contributed by atoms with Crippen LogP contribution in [0.3, 0.4) is 0 Å². The van der Waals surface area contributed by atoms with Crippen molar-refractivity contribution in [2.75, 3.05) is 25.1 Å². The number of amidine groups is 1. The Hall–Kier alpha value is -0.0300. The Morgan fingerprint density at radius 2 is 2.33 bits per heavy atom. The minimum absolute atomic E-state index is 0.184. The van der Waals surface area contributed by atoms with Gasteiger partial charge in [0.25, 0.3) is 0 Å². The molecule has 0 radical (unpaired) electrons. The van der Waals surface area contributed by atoms with Crippen LogP contribution in [0.15, 0.2) is 4.99 Å². The fourth-order valence-corrected chi connectivity index (χ4v) is 2.37. The monoisotopic (exact) mass is 248 g/mol. The molecule has 0 spiro atoms. The molecule has 0 aromatic rings. The van der Waals surface area contributed by atoms with Crippen molar-refractivity contribution in [3.8, 4) is 0 Å². The Kier molecular flexibility index (Phi) is 4.64. The summed E-state index contributed by atoms with van der Waals surface area (Å²) in [6, 6.07) is 0. The third kappa shape index (κ3) is 4.55. The summed E-state index contributed by atoms with van der Waals surface area (Å²) in [4.78, 5) is 4.48. The molecular formula is C10H20N2OS2. The molecule has 3 nitrogen and oxygen atoms in total. The van der Waals surface area contributed by atoms with Gasteiger partial charge in [-0.05, 0) is 12.3 Å². The van der Waals surface area contributed by atoms with Gasteiger partial charge in [0.15, 0.2) is 5.17 Å². The molecular weight excluding hydrogens is 228 g/mol. The molecule has 0 amide bonds. The van der Waals surface area contributed by atoms with Crippen LogP contribution in [0.25, 0.3) is 0 Å². The third-order valence-electron chi connectivity index (χ3n) is 2.36. The number of rotatable bonds is 3. The summed E-state index contributed by atoms with van der Waals surface area (Å²) in [5.41, 5.74) is 0.315. The molecule has 0 aromatic carbocycles. The lowest BCUT2D eigenvalue weighted by atomic mass is 9.97. The topological polar surface area (TPSA) is 41.5 Å². The van der Waals surface area contributed by atoms with E-state index in [1.54, 1.807) is 18.0 Å². The van der Waals surface area contributed by atoms with Crippen LogP contribution in [0.4, 0.5) is 0 Å². The summed E-state index contributed by atoms with van der Waals surface area (Å²) in [6.07, 6.45) is 1.74. The van der Waals surface area contributed by atoms with E-state index in [1.165, 1.54) is 0 Å². The van der Waals surface area contributed by atoms with Crippen LogP contribution in [0.2, 0.25) is 0 Å². The predicted octanol–water partition coefficient (Wildman–Crippen LogP) is 1.47. The minimum atomic E-state index is -0.757. The van der Waals surface area contributed by atoms with Gasteiger partial charge in [0.05, 0.1) is 0 Å². The standard InChI is InChI=1S/C10H20N2OS2/c1-8(15(4)13)5-11-9-12-6-10(2,3)7-14-9/h8H,5-7H2,1-4H3,(H,11,12). The van der Waals surface area contributed by atoms with Gasteiger partial charge in [0.2, 0.25) is 0 Å². The van der Waals surface area contributed by atoms with Crippen molar-refractivity contribution in [2.24, 2.45) is 10.4 Å². The largest absolute Gasteiger partial charge is 0.364 e.